The molecule has 0 spiro atoms. The number of hydrogen-bond donors (Lipinski definition) is 1. The number of rotatable bonds is 6. The average Bonchev–Trinajstić information content (AvgIpc) is 2.81. The first kappa shape index (κ1) is 21.8. The smallest absolute Gasteiger partial charge is 0.341 e. The number of esters is 2. The molecule has 1 N–H and O–H groups in total. The maximum absolute atomic E-state index is 12.6. The van der Waals surface area contributed by atoms with Crippen LogP contribution in [0.25, 0.3) is 10.9 Å². The highest BCUT2D eigenvalue weighted by molar-refractivity contribution is 6.06. The van der Waals surface area contributed by atoms with E-state index in [1.807, 2.05) is 37.3 Å². The normalized spacial score (nSPS) is 14.2. The van der Waals surface area contributed by atoms with Gasteiger partial charge in [-0.2, -0.15) is 0 Å². The van der Waals surface area contributed by atoms with Crippen LogP contribution in [-0.2, 0) is 9.47 Å². The molecule has 3 aromatic rings. The second kappa shape index (κ2) is 9.81. The first-order valence-corrected chi connectivity index (χ1v) is 11.2. The number of aromatic nitrogens is 1. The summed E-state index contributed by atoms with van der Waals surface area (Å²) in [5.41, 5.74) is 4.10. The van der Waals surface area contributed by atoms with Crippen LogP contribution in [0.1, 0.15) is 65.3 Å². The monoisotopic (exact) mass is 432 g/mol. The fourth-order valence-electron chi connectivity index (χ4n) is 4.11. The van der Waals surface area contributed by atoms with Crippen molar-refractivity contribution >= 4 is 34.2 Å². The Hall–Kier alpha value is -3.41. The third-order valence-corrected chi connectivity index (χ3v) is 5.81. The molecule has 0 bridgehead atoms. The average molecular weight is 433 g/mol. The topological polar surface area (TPSA) is 77.5 Å². The Morgan fingerprint density at radius 2 is 1.78 bits per heavy atom. The van der Waals surface area contributed by atoms with Gasteiger partial charge in [-0.15, -0.1) is 0 Å². The summed E-state index contributed by atoms with van der Waals surface area (Å²) in [5.74, 6) is -0.723. The van der Waals surface area contributed by atoms with Crippen LogP contribution in [0, 0.1) is 6.92 Å². The fraction of sp³-hybridized carbons (Fsp3) is 0.346. The second-order valence-electron chi connectivity index (χ2n) is 8.11. The van der Waals surface area contributed by atoms with Crippen molar-refractivity contribution in [2.45, 2.75) is 52.1 Å². The number of aryl methyl sites for hydroxylation is 1. The van der Waals surface area contributed by atoms with Crippen LogP contribution in [0.2, 0.25) is 0 Å². The molecule has 2 aromatic carbocycles. The van der Waals surface area contributed by atoms with E-state index in [0.717, 1.165) is 47.8 Å². The molecule has 0 amide bonds. The Labute approximate surface area is 187 Å². The molecule has 0 radical (unpaired) electrons. The molecular weight excluding hydrogens is 404 g/mol. The first-order chi connectivity index (χ1) is 15.6. The van der Waals surface area contributed by atoms with E-state index in [1.54, 1.807) is 25.3 Å². The predicted molar refractivity (Wildman–Crippen MR) is 124 cm³/mol. The Kier molecular flexibility index (Phi) is 6.69. The molecule has 0 saturated heterocycles. The van der Waals surface area contributed by atoms with Gasteiger partial charge in [-0.25, -0.2) is 9.59 Å². The Bertz CT molecular complexity index is 1120. The molecule has 166 valence electrons. The van der Waals surface area contributed by atoms with Gasteiger partial charge in [0.25, 0.3) is 0 Å². The van der Waals surface area contributed by atoms with E-state index < -0.39 is 5.97 Å². The summed E-state index contributed by atoms with van der Waals surface area (Å²) in [6.07, 6.45) is 6.89. The van der Waals surface area contributed by atoms with Crippen molar-refractivity contribution in [3.05, 3.63) is 65.4 Å². The highest BCUT2D eigenvalue weighted by atomic mass is 16.5. The van der Waals surface area contributed by atoms with E-state index in [1.165, 1.54) is 6.42 Å². The summed E-state index contributed by atoms with van der Waals surface area (Å²) in [6.45, 7) is 4.03. The number of anilines is 2. The molecule has 0 unspecified atom stereocenters. The molecule has 32 heavy (non-hydrogen) atoms. The summed E-state index contributed by atoms with van der Waals surface area (Å²) in [7, 11) is 0. The maximum atomic E-state index is 12.6. The van der Waals surface area contributed by atoms with Crippen molar-refractivity contribution in [1.82, 2.24) is 4.98 Å². The van der Waals surface area contributed by atoms with Crippen LogP contribution < -0.4 is 5.32 Å². The molecule has 6 heteroatoms. The van der Waals surface area contributed by atoms with Crippen molar-refractivity contribution in [1.29, 1.82) is 0 Å². The minimum Gasteiger partial charge on any atom is -0.462 e. The molecule has 1 aliphatic carbocycles. The van der Waals surface area contributed by atoms with Crippen molar-refractivity contribution in [2.75, 3.05) is 11.9 Å². The number of benzene rings is 2. The highest BCUT2D eigenvalue weighted by Crippen LogP contribution is 2.31. The highest BCUT2D eigenvalue weighted by Gasteiger charge is 2.20. The zero-order valence-corrected chi connectivity index (χ0v) is 18.5. The lowest BCUT2D eigenvalue weighted by Crippen LogP contribution is -2.20. The molecule has 1 fully saturated rings. The molecule has 1 aliphatic rings. The van der Waals surface area contributed by atoms with E-state index in [2.05, 4.69) is 10.3 Å². The molecule has 1 saturated carbocycles. The molecule has 6 nitrogen and oxygen atoms in total. The van der Waals surface area contributed by atoms with Gasteiger partial charge in [-0.1, -0.05) is 24.6 Å². The maximum Gasteiger partial charge on any atom is 0.341 e. The van der Waals surface area contributed by atoms with Gasteiger partial charge in [-0.3, -0.25) is 4.98 Å². The Morgan fingerprint density at radius 3 is 2.50 bits per heavy atom. The Balaban J connectivity index is 1.59. The molecular formula is C26H28N2O4. The number of carbonyl (C=O) groups excluding carboxylic acids is 2. The van der Waals surface area contributed by atoms with Gasteiger partial charge in [0.1, 0.15) is 11.7 Å². The summed E-state index contributed by atoms with van der Waals surface area (Å²) in [4.78, 5) is 29.5. The van der Waals surface area contributed by atoms with Crippen molar-refractivity contribution < 1.29 is 19.1 Å². The van der Waals surface area contributed by atoms with Crippen LogP contribution in [-0.4, -0.2) is 29.6 Å². The lowest BCUT2D eigenvalue weighted by atomic mass is 9.98. The number of pyridine rings is 1. The third-order valence-electron chi connectivity index (χ3n) is 5.81. The van der Waals surface area contributed by atoms with Gasteiger partial charge < -0.3 is 14.8 Å². The molecule has 1 heterocycles. The van der Waals surface area contributed by atoms with Crippen LogP contribution in [0.15, 0.2) is 48.7 Å². The Morgan fingerprint density at radius 1 is 1.03 bits per heavy atom. The summed E-state index contributed by atoms with van der Waals surface area (Å²) in [5, 5.41) is 4.17. The number of para-hydroxylation sites is 1. The zero-order chi connectivity index (χ0) is 22.5. The van der Waals surface area contributed by atoms with Crippen LogP contribution in [0.3, 0.4) is 0 Å². The molecule has 0 aliphatic heterocycles. The minimum atomic E-state index is -0.432. The van der Waals surface area contributed by atoms with Gasteiger partial charge in [0.15, 0.2) is 0 Å². The standard InChI is InChI=1S/C26H28N2O4/c1-3-31-26(30)22-16-27-23-17(2)8-7-11-21(23)24(22)28-19-14-12-18(13-15-19)25(29)32-20-9-5-4-6-10-20/h7-8,11-16,20H,3-6,9-10H2,1-2H3,(H,27,28). The van der Waals surface area contributed by atoms with Gasteiger partial charge in [0.2, 0.25) is 0 Å². The van der Waals surface area contributed by atoms with E-state index in [0.29, 0.717) is 16.8 Å². The summed E-state index contributed by atoms with van der Waals surface area (Å²) in [6, 6.07) is 13.0. The third kappa shape index (κ3) is 4.74. The van der Waals surface area contributed by atoms with Crippen LogP contribution >= 0.6 is 0 Å². The van der Waals surface area contributed by atoms with E-state index in [9.17, 15) is 9.59 Å². The number of hydrogen-bond acceptors (Lipinski definition) is 6. The van der Waals surface area contributed by atoms with E-state index in [-0.39, 0.29) is 18.7 Å². The van der Waals surface area contributed by atoms with Gasteiger partial charge in [-0.05, 0) is 69.4 Å². The van der Waals surface area contributed by atoms with Gasteiger partial charge >= 0.3 is 11.9 Å². The van der Waals surface area contributed by atoms with E-state index in [4.69, 9.17) is 9.47 Å². The van der Waals surface area contributed by atoms with Crippen molar-refractivity contribution in [3.8, 4) is 0 Å². The molecule has 0 atom stereocenters. The largest absolute Gasteiger partial charge is 0.462 e. The number of nitrogens with zero attached hydrogens (tertiary/aromatic N) is 1. The van der Waals surface area contributed by atoms with Crippen LogP contribution in [0.4, 0.5) is 11.4 Å². The number of fused-ring (bicyclic) bond motifs is 1. The summed E-state index contributed by atoms with van der Waals surface area (Å²) < 4.78 is 10.9. The van der Waals surface area contributed by atoms with Crippen molar-refractivity contribution in [2.24, 2.45) is 0 Å². The second-order valence-corrected chi connectivity index (χ2v) is 8.11. The number of ether oxygens (including phenoxy) is 2. The first-order valence-electron chi connectivity index (χ1n) is 11.2. The zero-order valence-electron chi connectivity index (χ0n) is 18.5. The van der Waals surface area contributed by atoms with Gasteiger partial charge in [0, 0.05) is 17.3 Å². The lowest BCUT2D eigenvalue weighted by molar-refractivity contribution is 0.0211. The number of carbonyl (C=O) groups is 2. The summed E-state index contributed by atoms with van der Waals surface area (Å²) >= 11 is 0. The fourth-order valence-corrected chi connectivity index (χ4v) is 4.11. The SMILES string of the molecule is CCOC(=O)c1cnc2c(C)cccc2c1Nc1ccc(C(=O)OC2CCCCC2)cc1. The molecule has 4 rings (SSSR count). The van der Waals surface area contributed by atoms with Gasteiger partial charge in [0.05, 0.1) is 23.4 Å². The predicted octanol–water partition coefficient (Wildman–Crippen LogP) is 5.95. The van der Waals surface area contributed by atoms with E-state index >= 15 is 0 Å². The van der Waals surface area contributed by atoms with Crippen LogP contribution in [0.5, 0.6) is 0 Å². The number of nitrogens with one attached hydrogen (secondary N) is 1. The quantitative estimate of drug-likeness (QED) is 0.485. The minimum absolute atomic E-state index is 0.0209. The van der Waals surface area contributed by atoms with Crippen molar-refractivity contribution in [3.63, 3.8) is 0 Å². The lowest BCUT2D eigenvalue weighted by Gasteiger charge is -2.21. The molecule has 1 aromatic heterocycles.